The van der Waals surface area contributed by atoms with Crippen molar-refractivity contribution < 1.29 is 0 Å². The second kappa shape index (κ2) is 6.50. The van der Waals surface area contributed by atoms with E-state index in [0.29, 0.717) is 0 Å². The molecule has 0 atom stereocenters. The normalized spacial score (nSPS) is 13.6. The SMILES string of the molecule is C[Si]1(C)c2ccccc2-c2cccc(Nc3ccccc3-c3ccccc3)c21. The van der Waals surface area contributed by atoms with Gasteiger partial charge >= 0.3 is 0 Å². The molecule has 0 radical (unpaired) electrons. The van der Waals surface area contributed by atoms with Crippen molar-refractivity contribution in [3.8, 4) is 22.3 Å². The number of fused-ring (bicyclic) bond motifs is 3. The van der Waals surface area contributed by atoms with Crippen molar-refractivity contribution in [3.05, 3.63) is 97.1 Å². The smallest absolute Gasteiger partial charge is 0.116 e. The number of hydrogen-bond acceptors (Lipinski definition) is 1. The minimum Gasteiger partial charge on any atom is -0.355 e. The third kappa shape index (κ3) is 2.61. The van der Waals surface area contributed by atoms with Crippen molar-refractivity contribution in [1.82, 2.24) is 0 Å². The zero-order valence-corrected chi connectivity index (χ0v) is 17.2. The van der Waals surface area contributed by atoms with E-state index in [-0.39, 0.29) is 0 Å². The van der Waals surface area contributed by atoms with Gasteiger partial charge in [0, 0.05) is 16.9 Å². The molecule has 4 aromatic rings. The number of nitrogens with one attached hydrogen (secondary N) is 1. The van der Waals surface area contributed by atoms with Gasteiger partial charge in [0.05, 0.1) is 0 Å². The second-order valence-electron chi connectivity index (χ2n) is 7.94. The quantitative estimate of drug-likeness (QED) is 0.438. The molecule has 136 valence electrons. The zero-order valence-electron chi connectivity index (χ0n) is 16.2. The van der Waals surface area contributed by atoms with Crippen LogP contribution in [-0.2, 0) is 0 Å². The molecule has 1 aliphatic rings. The minimum absolute atomic E-state index is 1.16. The van der Waals surface area contributed by atoms with Crippen LogP contribution in [0.15, 0.2) is 97.1 Å². The van der Waals surface area contributed by atoms with Crippen molar-refractivity contribution in [2.45, 2.75) is 13.1 Å². The van der Waals surface area contributed by atoms with Crippen LogP contribution in [0.25, 0.3) is 22.3 Å². The zero-order chi connectivity index (χ0) is 19.1. The molecule has 1 N–H and O–H groups in total. The van der Waals surface area contributed by atoms with Crippen LogP contribution in [0.2, 0.25) is 13.1 Å². The van der Waals surface area contributed by atoms with Crippen LogP contribution in [0.5, 0.6) is 0 Å². The Hall–Kier alpha value is -3.10. The Morgan fingerprint density at radius 3 is 1.96 bits per heavy atom. The fourth-order valence-corrected chi connectivity index (χ4v) is 7.94. The lowest BCUT2D eigenvalue weighted by atomic mass is 10.0. The molecule has 1 heterocycles. The van der Waals surface area contributed by atoms with Gasteiger partial charge in [-0.3, -0.25) is 0 Å². The van der Waals surface area contributed by atoms with Gasteiger partial charge in [0.15, 0.2) is 0 Å². The predicted octanol–water partition coefficient (Wildman–Crippen LogP) is 5.90. The van der Waals surface area contributed by atoms with Crippen LogP contribution < -0.4 is 15.7 Å². The fourth-order valence-electron chi connectivity index (χ4n) is 4.56. The van der Waals surface area contributed by atoms with E-state index in [2.05, 4.69) is 115 Å². The summed E-state index contributed by atoms with van der Waals surface area (Å²) in [4.78, 5) is 0. The summed E-state index contributed by atoms with van der Waals surface area (Å²) in [6.07, 6.45) is 0. The summed E-state index contributed by atoms with van der Waals surface area (Å²) in [6, 6.07) is 34.8. The summed E-state index contributed by atoms with van der Waals surface area (Å²) in [5.74, 6) is 0. The van der Waals surface area contributed by atoms with Gasteiger partial charge < -0.3 is 5.32 Å². The summed E-state index contributed by atoms with van der Waals surface area (Å²) < 4.78 is 0. The molecular weight excluding hydrogens is 354 g/mol. The van der Waals surface area contributed by atoms with Gasteiger partial charge in [-0.25, -0.2) is 0 Å². The first-order valence-corrected chi connectivity index (χ1v) is 12.8. The number of anilines is 2. The Kier molecular flexibility index (Phi) is 3.95. The summed E-state index contributed by atoms with van der Waals surface area (Å²) in [5, 5.41) is 6.85. The Labute approximate surface area is 167 Å². The number of para-hydroxylation sites is 1. The third-order valence-corrected chi connectivity index (χ3v) is 9.43. The van der Waals surface area contributed by atoms with Crippen molar-refractivity contribution in [2.24, 2.45) is 0 Å². The van der Waals surface area contributed by atoms with Crippen molar-refractivity contribution in [2.75, 3.05) is 5.32 Å². The van der Waals surface area contributed by atoms with Gasteiger partial charge in [-0.05, 0) is 39.2 Å². The van der Waals surface area contributed by atoms with Crippen LogP contribution in [0.4, 0.5) is 11.4 Å². The Morgan fingerprint density at radius 1 is 0.536 bits per heavy atom. The Bertz CT molecular complexity index is 1160. The average molecular weight is 378 g/mol. The van der Waals surface area contributed by atoms with E-state index in [1.54, 1.807) is 0 Å². The van der Waals surface area contributed by atoms with E-state index < -0.39 is 8.07 Å². The van der Waals surface area contributed by atoms with E-state index >= 15 is 0 Å². The molecular formula is C26H23NSi. The predicted molar refractivity (Wildman–Crippen MR) is 124 cm³/mol. The molecule has 0 bridgehead atoms. The number of rotatable bonds is 3. The Balaban J connectivity index is 1.64. The lowest BCUT2D eigenvalue weighted by Gasteiger charge is -2.23. The second-order valence-corrected chi connectivity index (χ2v) is 12.2. The van der Waals surface area contributed by atoms with Crippen molar-refractivity contribution in [1.29, 1.82) is 0 Å². The van der Waals surface area contributed by atoms with Crippen LogP contribution in [0.3, 0.4) is 0 Å². The number of benzene rings is 4. The molecule has 5 rings (SSSR count). The molecule has 2 heteroatoms. The van der Waals surface area contributed by atoms with Gasteiger partial charge in [0.1, 0.15) is 8.07 Å². The van der Waals surface area contributed by atoms with E-state index in [1.807, 2.05) is 0 Å². The maximum absolute atomic E-state index is 3.80. The first-order chi connectivity index (χ1) is 13.7. The molecule has 0 aliphatic carbocycles. The summed E-state index contributed by atoms with van der Waals surface area (Å²) in [6.45, 7) is 4.93. The standard InChI is InChI=1S/C26H23NSi/c1-28(2)25-18-9-7-14-21(25)22-15-10-17-24(26(22)28)27-23-16-8-6-13-20(23)19-11-4-3-5-12-19/h3-18,27H,1-2H3. The van der Waals surface area contributed by atoms with E-state index in [9.17, 15) is 0 Å². The van der Waals surface area contributed by atoms with Gasteiger partial charge in [0.2, 0.25) is 0 Å². The molecule has 4 aromatic carbocycles. The van der Waals surface area contributed by atoms with Crippen molar-refractivity contribution >= 4 is 29.8 Å². The van der Waals surface area contributed by atoms with Crippen LogP contribution >= 0.6 is 0 Å². The van der Waals surface area contributed by atoms with E-state index in [4.69, 9.17) is 0 Å². The van der Waals surface area contributed by atoms with Crippen LogP contribution in [0, 0.1) is 0 Å². The molecule has 0 fully saturated rings. The molecule has 0 saturated carbocycles. The molecule has 0 aromatic heterocycles. The van der Waals surface area contributed by atoms with Crippen LogP contribution in [-0.4, -0.2) is 8.07 Å². The minimum atomic E-state index is -1.74. The van der Waals surface area contributed by atoms with Gasteiger partial charge in [-0.1, -0.05) is 98.0 Å². The number of hydrogen-bond donors (Lipinski definition) is 1. The molecule has 0 unspecified atom stereocenters. The largest absolute Gasteiger partial charge is 0.355 e. The highest BCUT2D eigenvalue weighted by molar-refractivity contribution is 7.04. The molecule has 0 amide bonds. The molecule has 0 saturated heterocycles. The lowest BCUT2D eigenvalue weighted by Crippen LogP contribution is -2.50. The van der Waals surface area contributed by atoms with E-state index in [0.717, 1.165) is 5.69 Å². The summed E-state index contributed by atoms with van der Waals surface area (Å²) in [7, 11) is -1.74. The molecule has 28 heavy (non-hydrogen) atoms. The Morgan fingerprint density at radius 2 is 1.14 bits per heavy atom. The third-order valence-electron chi connectivity index (χ3n) is 5.86. The maximum atomic E-state index is 3.80. The topological polar surface area (TPSA) is 12.0 Å². The molecule has 1 nitrogen and oxygen atoms in total. The highest BCUT2D eigenvalue weighted by atomic mass is 28.3. The summed E-state index contributed by atoms with van der Waals surface area (Å²) in [5.41, 5.74) is 7.67. The monoisotopic (exact) mass is 377 g/mol. The van der Waals surface area contributed by atoms with Crippen molar-refractivity contribution in [3.63, 3.8) is 0 Å². The van der Waals surface area contributed by atoms with E-state index in [1.165, 1.54) is 38.3 Å². The molecule has 1 aliphatic heterocycles. The van der Waals surface area contributed by atoms with Crippen LogP contribution in [0.1, 0.15) is 0 Å². The fraction of sp³-hybridized carbons (Fsp3) is 0.0769. The lowest BCUT2D eigenvalue weighted by molar-refractivity contribution is 1.54. The highest BCUT2D eigenvalue weighted by Crippen LogP contribution is 2.34. The summed E-state index contributed by atoms with van der Waals surface area (Å²) >= 11 is 0. The average Bonchev–Trinajstić information content (AvgIpc) is 2.98. The van der Waals surface area contributed by atoms with Gasteiger partial charge in [-0.15, -0.1) is 0 Å². The highest BCUT2D eigenvalue weighted by Gasteiger charge is 2.39. The first-order valence-electron chi connectivity index (χ1n) is 9.81. The van der Waals surface area contributed by atoms with Gasteiger partial charge in [-0.2, -0.15) is 0 Å². The maximum Gasteiger partial charge on any atom is 0.116 e. The van der Waals surface area contributed by atoms with Gasteiger partial charge in [0.25, 0.3) is 0 Å². The molecule has 0 spiro atoms. The first kappa shape index (κ1) is 17.0.